The fraction of sp³-hybridized carbons (Fsp3) is 0.250. The summed E-state index contributed by atoms with van der Waals surface area (Å²) in [6.45, 7) is 2.63. The standard InChI is InChI=1S/C16H15F3IN/c1-2-9-21-16(10-3-5-11(20)6-4-10)12-7-8-13(17)15(19)14(12)18/h3-8,16,21H,2,9H2,1H3. The largest absolute Gasteiger partial charge is 0.306 e. The van der Waals surface area contributed by atoms with E-state index in [0.29, 0.717) is 6.54 Å². The molecule has 0 bridgehead atoms. The Kier molecular flexibility index (Phi) is 5.64. The molecule has 0 spiro atoms. The van der Waals surface area contributed by atoms with E-state index in [1.807, 2.05) is 31.2 Å². The number of benzene rings is 2. The molecule has 2 aromatic carbocycles. The van der Waals surface area contributed by atoms with Crippen molar-refractivity contribution in [3.8, 4) is 0 Å². The Balaban J connectivity index is 2.45. The van der Waals surface area contributed by atoms with Crippen LogP contribution in [-0.2, 0) is 0 Å². The van der Waals surface area contributed by atoms with Gasteiger partial charge >= 0.3 is 0 Å². The van der Waals surface area contributed by atoms with Crippen molar-refractivity contribution in [3.63, 3.8) is 0 Å². The molecule has 0 aliphatic heterocycles. The highest BCUT2D eigenvalue weighted by Gasteiger charge is 2.21. The average Bonchev–Trinajstić information content (AvgIpc) is 2.48. The summed E-state index contributed by atoms with van der Waals surface area (Å²) in [5.74, 6) is -3.74. The normalized spacial score (nSPS) is 12.4. The van der Waals surface area contributed by atoms with E-state index < -0.39 is 23.5 Å². The Morgan fingerprint density at radius 2 is 1.67 bits per heavy atom. The first-order valence-corrected chi connectivity index (χ1v) is 7.74. The van der Waals surface area contributed by atoms with E-state index >= 15 is 0 Å². The van der Waals surface area contributed by atoms with Crippen LogP contribution in [0.2, 0.25) is 0 Å². The minimum absolute atomic E-state index is 0.114. The molecule has 2 aromatic rings. The van der Waals surface area contributed by atoms with Crippen molar-refractivity contribution in [2.24, 2.45) is 0 Å². The van der Waals surface area contributed by atoms with Gasteiger partial charge in [-0.3, -0.25) is 0 Å². The second kappa shape index (κ2) is 7.26. The van der Waals surface area contributed by atoms with Crippen molar-refractivity contribution < 1.29 is 13.2 Å². The minimum Gasteiger partial charge on any atom is -0.306 e. The number of hydrogen-bond acceptors (Lipinski definition) is 1. The SMILES string of the molecule is CCCNC(c1ccc(I)cc1)c1ccc(F)c(F)c1F. The van der Waals surface area contributed by atoms with Gasteiger partial charge in [0.1, 0.15) is 0 Å². The van der Waals surface area contributed by atoms with Gasteiger partial charge in [0, 0.05) is 9.13 Å². The van der Waals surface area contributed by atoms with Gasteiger partial charge in [0.2, 0.25) is 0 Å². The van der Waals surface area contributed by atoms with Crippen LogP contribution in [0.1, 0.15) is 30.5 Å². The molecule has 5 heteroatoms. The van der Waals surface area contributed by atoms with Gasteiger partial charge in [-0.15, -0.1) is 0 Å². The van der Waals surface area contributed by atoms with E-state index in [0.717, 1.165) is 21.6 Å². The van der Waals surface area contributed by atoms with Gasteiger partial charge < -0.3 is 5.32 Å². The average molecular weight is 405 g/mol. The first-order chi connectivity index (χ1) is 10.0. The van der Waals surface area contributed by atoms with Gasteiger partial charge in [-0.2, -0.15) is 0 Å². The van der Waals surface area contributed by atoms with Crippen LogP contribution in [0.3, 0.4) is 0 Å². The number of rotatable bonds is 5. The smallest absolute Gasteiger partial charge is 0.194 e. The predicted molar refractivity (Wildman–Crippen MR) is 85.6 cm³/mol. The van der Waals surface area contributed by atoms with Gasteiger partial charge in [0.05, 0.1) is 6.04 Å². The third kappa shape index (κ3) is 3.77. The zero-order valence-corrected chi connectivity index (χ0v) is 13.6. The highest BCUT2D eigenvalue weighted by molar-refractivity contribution is 14.1. The first-order valence-electron chi connectivity index (χ1n) is 6.66. The molecule has 1 unspecified atom stereocenters. The van der Waals surface area contributed by atoms with Crippen LogP contribution < -0.4 is 5.32 Å². The molecule has 2 rings (SSSR count). The van der Waals surface area contributed by atoms with E-state index in [9.17, 15) is 13.2 Å². The van der Waals surface area contributed by atoms with E-state index in [1.54, 1.807) is 0 Å². The second-order valence-corrected chi connectivity index (χ2v) is 5.95. The molecule has 1 N–H and O–H groups in total. The maximum absolute atomic E-state index is 14.0. The molecule has 0 amide bonds. The van der Waals surface area contributed by atoms with Crippen LogP contribution in [0.25, 0.3) is 0 Å². The molecular formula is C16H15F3IN. The molecule has 0 aliphatic carbocycles. The lowest BCUT2D eigenvalue weighted by Crippen LogP contribution is -2.24. The molecule has 0 aromatic heterocycles. The summed E-state index contributed by atoms with van der Waals surface area (Å²) in [4.78, 5) is 0. The number of halogens is 4. The van der Waals surface area contributed by atoms with Gasteiger partial charge in [-0.05, 0) is 59.3 Å². The lowest BCUT2D eigenvalue weighted by molar-refractivity contribution is 0.432. The summed E-state index contributed by atoms with van der Waals surface area (Å²) in [7, 11) is 0. The summed E-state index contributed by atoms with van der Waals surface area (Å²) in [6, 6.07) is 9.26. The van der Waals surface area contributed by atoms with Crippen molar-refractivity contribution in [1.82, 2.24) is 5.32 Å². The highest BCUT2D eigenvalue weighted by atomic mass is 127. The van der Waals surface area contributed by atoms with E-state index in [-0.39, 0.29) is 5.56 Å². The monoisotopic (exact) mass is 405 g/mol. The van der Waals surface area contributed by atoms with Crippen LogP contribution in [0.4, 0.5) is 13.2 Å². The molecule has 1 atom stereocenters. The Morgan fingerprint density at radius 3 is 2.29 bits per heavy atom. The Bertz CT molecular complexity index is 614. The summed E-state index contributed by atoms with van der Waals surface area (Å²) >= 11 is 2.18. The molecule has 0 radical (unpaired) electrons. The van der Waals surface area contributed by atoms with Crippen molar-refractivity contribution in [3.05, 3.63) is 68.5 Å². The molecule has 112 valence electrons. The third-order valence-electron chi connectivity index (χ3n) is 3.18. The van der Waals surface area contributed by atoms with E-state index in [4.69, 9.17) is 0 Å². The third-order valence-corrected chi connectivity index (χ3v) is 3.90. The van der Waals surface area contributed by atoms with Gasteiger partial charge in [0.15, 0.2) is 17.5 Å². The molecule has 0 fully saturated rings. The zero-order valence-electron chi connectivity index (χ0n) is 11.5. The minimum atomic E-state index is -1.43. The maximum Gasteiger partial charge on any atom is 0.194 e. The van der Waals surface area contributed by atoms with Crippen LogP contribution in [0, 0.1) is 21.0 Å². The molecule has 21 heavy (non-hydrogen) atoms. The molecule has 0 aliphatic rings. The molecule has 1 nitrogen and oxygen atoms in total. The molecular weight excluding hydrogens is 390 g/mol. The molecule has 0 saturated heterocycles. The fourth-order valence-corrected chi connectivity index (χ4v) is 2.47. The molecule has 0 saturated carbocycles. The number of nitrogens with one attached hydrogen (secondary N) is 1. The van der Waals surface area contributed by atoms with Crippen molar-refractivity contribution in [2.75, 3.05) is 6.54 Å². The summed E-state index contributed by atoms with van der Waals surface area (Å²) in [6.07, 6.45) is 0.853. The second-order valence-electron chi connectivity index (χ2n) is 4.70. The predicted octanol–water partition coefficient (Wildman–Crippen LogP) is 4.80. The van der Waals surface area contributed by atoms with Crippen LogP contribution in [0.5, 0.6) is 0 Å². The summed E-state index contributed by atoms with van der Waals surface area (Å²) < 4.78 is 41.7. The summed E-state index contributed by atoms with van der Waals surface area (Å²) in [5.41, 5.74) is 0.928. The van der Waals surface area contributed by atoms with Gasteiger partial charge in [-0.25, -0.2) is 13.2 Å². The fourth-order valence-electron chi connectivity index (χ4n) is 2.12. The van der Waals surface area contributed by atoms with Crippen LogP contribution in [0.15, 0.2) is 36.4 Å². The number of hydrogen-bond donors (Lipinski definition) is 1. The quantitative estimate of drug-likeness (QED) is 0.557. The van der Waals surface area contributed by atoms with Crippen LogP contribution >= 0.6 is 22.6 Å². The van der Waals surface area contributed by atoms with E-state index in [1.165, 1.54) is 6.07 Å². The van der Waals surface area contributed by atoms with Gasteiger partial charge in [0.25, 0.3) is 0 Å². The van der Waals surface area contributed by atoms with Crippen molar-refractivity contribution in [2.45, 2.75) is 19.4 Å². The first kappa shape index (κ1) is 16.3. The Hall–Kier alpha value is -1.08. The van der Waals surface area contributed by atoms with Crippen molar-refractivity contribution >= 4 is 22.6 Å². The lowest BCUT2D eigenvalue weighted by Gasteiger charge is -2.20. The Labute approximate surface area is 135 Å². The zero-order chi connectivity index (χ0) is 15.4. The summed E-state index contributed by atoms with van der Waals surface area (Å²) in [5, 5.41) is 3.18. The van der Waals surface area contributed by atoms with Crippen LogP contribution in [-0.4, -0.2) is 6.54 Å². The van der Waals surface area contributed by atoms with Crippen molar-refractivity contribution in [1.29, 1.82) is 0 Å². The Morgan fingerprint density at radius 1 is 1.00 bits per heavy atom. The topological polar surface area (TPSA) is 12.0 Å². The van der Waals surface area contributed by atoms with E-state index in [2.05, 4.69) is 27.9 Å². The molecule has 0 heterocycles. The maximum atomic E-state index is 14.0. The lowest BCUT2D eigenvalue weighted by atomic mass is 9.97. The van der Waals surface area contributed by atoms with Gasteiger partial charge in [-0.1, -0.05) is 25.1 Å². The highest BCUT2D eigenvalue weighted by Crippen LogP contribution is 2.27.